The molecule has 0 heterocycles. The molecule has 0 radical (unpaired) electrons. The van der Waals surface area contributed by atoms with Crippen LogP contribution in [-0.4, -0.2) is 17.2 Å². The summed E-state index contributed by atoms with van der Waals surface area (Å²) in [5.41, 5.74) is 1.53. The van der Waals surface area contributed by atoms with E-state index >= 15 is 0 Å². The highest BCUT2D eigenvalue weighted by molar-refractivity contribution is 4.93. The number of aliphatic hydroxyl groups excluding tert-OH is 1. The van der Waals surface area contributed by atoms with Crippen molar-refractivity contribution in [2.45, 2.75) is 439 Å². The number of aliphatic hydroxyl groups is 1. The van der Waals surface area contributed by atoms with Gasteiger partial charge in [0.15, 0.2) is 0 Å². The molecule has 1 unspecified atom stereocenters. The maximum atomic E-state index is 9.76. The van der Waals surface area contributed by atoms with Crippen LogP contribution in [0.4, 0.5) is 0 Å². The molecule has 0 aliphatic carbocycles. The van der Waals surface area contributed by atoms with Crippen molar-refractivity contribution in [3.05, 3.63) is 12.2 Å². The highest BCUT2D eigenvalue weighted by Gasteiger charge is 2.07. The minimum absolute atomic E-state index is 0. The second kappa shape index (κ2) is 74.7. The first-order valence-corrected chi connectivity index (χ1v) is 35.4. The summed E-state index contributed by atoms with van der Waals surface area (Å²) in [6.07, 6.45) is 91.7. The van der Waals surface area contributed by atoms with Gasteiger partial charge in [-0.2, -0.15) is 0 Å². The molecule has 0 fully saturated rings. The Labute approximate surface area is 471 Å². The van der Waals surface area contributed by atoms with Gasteiger partial charge in [-0.05, 0) is 44.4 Å². The lowest BCUT2D eigenvalue weighted by Crippen LogP contribution is -2.06. The Balaban J connectivity index is -0.00000134. The standard InChI is InChI=1S/C36H74O.C36H72.H2O/c1-3-5-7-9-11-13-15-17-19-20-22-24-26-28-30-32-34-36(35-37)33-31-29-27-25-23-21-18-16-14-12-10-8-6-4-2;1-4-6-8-10-12-14-16-18-20-21-23-25-27-29-31-33-35-36(3)34-32-30-28-26-24-22-19-17-15-13-11-9-7-5-2;/h36-37H,3-35H2,1-2H3;3-35H2,1-2H3;1H2. The molecule has 0 aromatic rings. The smallest absolute Gasteiger partial charge is 0.0459 e. The quantitative estimate of drug-likeness (QED) is 0.0479. The van der Waals surface area contributed by atoms with Crippen LogP contribution in [0.5, 0.6) is 0 Å². The van der Waals surface area contributed by atoms with Gasteiger partial charge in [-0.25, -0.2) is 0 Å². The summed E-state index contributed by atoms with van der Waals surface area (Å²) in [6, 6.07) is 0. The van der Waals surface area contributed by atoms with Gasteiger partial charge in [0.25, 0.3) is 0 Å². The lowest BCUT2D eigenvalue weighted by Gasteiger charge is -2.13. The minimum atomic E-state index is 0. The van der Waals surface area contributed by atoms with Gasteiger partial charge in [0.2, 0.25) is 0 Å². The molecule has 0 rings (SSSR count). The second-order valence-electron chi connectivity index (χ2n) is 24.7. The molecule has 74 heavy (non-hydrogen) atoms. The van der Waals surface area contributed by atoms with Gasteiger partial charge in [0.1, 0.15) is 0 Å². The lowest BCUT2D eigenvalue weighted by molar-refractivity contribution is 0.204. The molecule has 0 amide bonds. The van der Waals surface area contributed by atoms with Crippen LogP contribution >= 0.6 is 0 Å². The van der Waals surface area contributed by atoms with E-state index in [1.54, 1.807) is 0 Å². The Morgan fingerprint density at radius 3 is 0.514 bits per heavy atom. The SMILES string of the molecule is C=C(CCCCCCCCCCCCCCCC)CCCCCCCCCCCCCCCCCC.CCCCCCCCCCCCCCCCCCC(CO)CCCCCCCCCCCCCCCC.O. The summed E-state index contributed by atoms with van der Waals surface area (Å²) < 4.78 is 0. The van der Waals surface area contributed by atoms with Crippen molar-refractivity contribution < 1.29 is 10.6 Å². The van der Waals surface area contributed by atoms with Gasteiger partial charge in [0, 0.05) is 6.61 Å². The third-order valence-corrected chi connectivity index (χ3v) is 17.0. The van der Waals surface area contributed by atoms with Crippen LogP contribution in [-0.2, 0) is 0 Å². The zero-order valence-corrected chi connectivity index (χ0v) is 52.7. The lowest BCUT2D eigenvalue weighted by atomic mass is 9.94. The largest absolute Gasteiger partial charge is 0.412 e. The van der Waals surface area contributed by atoms with Crippen LogP contribution in [0.1, 0.15) is 439 Å². The summed E-state index contributed by atoms with van der Waals surface area (Å²) >= 11 is 0. The monoisotopic (exact) mass is 1050 g/mol. The number of hydrogen-bond donors (Lipinski definition) is 1. The Bertz CT molecular complexity index is 928. The summed E-state index contributed by atoms with van der Waals surface area (Å²) in [5.74, 6) is 0.573. The molecule has 2 nitrogen and oxygen atoms in total. The molecule has 0 aromatic heterocycles. The molecule has 0 bridgehead atoms. The summed E-state index contributed by atoms with van der Waals surface area (Å²) in [7, 11) is 0. The van der Waals surface area contributed by atoms with Crippen molar-refractivity contribution in [1.82, 2.24) is 0 Å². The molecule has 0 spiro atoms. The highest BCUT2D eigenvalue weighted by Crippen LogP contribution is 2.22. The van der Waals surface area contributed by atoms with E-state index in [0.29, 0.717) is 12.5 Å². The number of hydrogen-bond acceptors (Lipinski definition) is 1. The Morgan fingerprint density at radius 2 is 0.365 bits per heavy atom. The fourth-order valence-corrected chi connectivity index (χ4v) is 11.6. The van der Waals surface area contributed by atoms with Crippen LogP contribution in [0.25, 0.3) is 0 Å². The first-order chi connectivity index (χ1) is 36.2. The molecule has 3 N–H and O–H groups in total. The van der Waals surface area contributed by atoms with Crippen LogP contribution in [0.3, 0.4) is 0 Å². The molecule has 448 valence electrons. The third-order valence-electron chi connectivity index (χ3n) is 17.0. The molecule has 0 aliphatic heterocycles. The predicted octanol–water partition coefficient (Wildman–Crippen LogP) is 26.4. The van der Waals surface area contributed by atoms with E-state index in [4.69, 9.17) is 0 Å². The summed E-state index contributed by atoms with van der Waals surface area (Å²) in [6.45, 7) is 14.0. The van der Waals surface area contributed by atoms with E-state index in [2.05, 4.69) is 34.3 Å². The number of rotatable bonds is 65. The molecular formula is C72H148O2. The van der Waals surface area contributed by atoms with E-state index in [-0.39, 0.29) is 5.48 Å². The van der Waals surface area contributed by atoms with E-state index in [1.165, 1.54) is 417 Å². The van der Waals surface area contributed by atoms with Gasteiger partial charge >= 0.3 is 0 Å². The Morgan fingerprint density at radius 1 is 0.230 bits per heavy atom. The van der Waals surface area contributed by atoms with Gasteiger partial charge < -0.3 is 10.6 Å². The van der Waals surface area contributed by atoms with Crippen molar-refractivity contribution >= 4 is 0 Å². The van der Waals surface area contributed by atoms with E-state index in [9.17, 15) is 5.11 Å². The van der Waals surface area contributed by atoms with Crippen LogP contribution in [0.15, 0.2) is 12.2 Å². The van der Waals surface area contributed by atoms with Crippen molar-refractivity contribution in [2.24, 2.45) is 5.92 Å². The Hall–Kier alpha value is -0.340. The van der Waals surface area contributed by atoms with E-state index in [0.717, 1.165) is 0 Å². The van der Waals surface area contributed by atoms with Crippen molar-refractivity contribution in [3.8, 4) is 0 Å². The van der Waals surface area contributed by atoms with Gasteiger partial charge in [-0.1, -0.05) is 412 Å². The normalized spacial score (nSPS) is 11.7. The van der Waals surface area contributed by atoms with Crippen molar-refractivity contribution in [2.75, 3.05) is 6.61 Å². The fraction of sp³-hybridized carbons (Fsp3) is 0.972. The zero-order valence-electron chi connectivity index (χ0n) is 52.7. The third kappa shape index (κ3) is 73.7. The summed E-state index contributed by atoms with van der Waals surface area (Å²) in [4.78, 5) is 0. The van der Waals surface area contributed by atoms with Crippen LogP contribution in [0.2, 0.25) is 0 Å². The highest BCUT2D eigenvalue weighted by atomic mass is 16.3. The van der Waals surface area contributed by atoms with Crippen LogP contribution in [0, 0.1) is 5.92 Å². The summed E-state index contributed by atoms with van der Waals surface area (Å²) in [5, 5.41) is 9.76. The van der Waals surface area contributed by atoms with Crippen LogP contribution < -0.4 is 0 Å². The van der Waals surface area contributed by atoms with Crippen molar-refractivity contribution in [1.29, 1.82) is 0 Å². The second-order valence-corrected chi connectivity index (χ2v) is 24.7. The van der Waals surface area contributed by atoms with Gasteiger partial charge in [-0.15, -0.1) is 0 Å². The topological polar surface area (TPSA) is 51.7 Å². The van der Waals surface area contributed by atoms with Gasteiger partial charge in [-0.3, -0.25) is 0 Å². The average molecular weight is 1050 g/mol. The first-order valence-electron chi connectivity index (χ1n) is 35.4. The zero-order chi connectivity index (χ0) is 53.1. The molecule has 0 saturated carbocycles. The first kappa shape index (κ1) is 77.9. The maximum absolute atomic E-state index is 9.76. The molecule has 0 saturated heterocycles. The van der Waals surface area contributed by atoms with Crippen molar-refractivity contribution in [3.63, 3.8) is 0 Å². The molecule has 0 aliphatic rings. The molecule has 1 atom stereocenters. The van der Waals surface area contributed by atoms with Gasteiger partial charge in [0.05, 0.1) is 0 Å². The van der Waals surface area contributed by atoms with E-state index < -0.39 is 0 Å². The molecule has 0 aromatic carbocycles. The maximum Gasteiger partial charge on any atom is 0.0459 e. The Kier molecular flexibility index (Phi) is 78.7. The predicted molar refractivity (Wildman–Crippen MR) is 342 cm³/mol. The fourth-order valence-electron chi connectivity index (χ4n) is 11.6. The number of unbranched alkanes of at least 4 members (excludes halogenated alkanes) is 56. The number of allylic oxidation sites excluding steroid dienone is 1. The minimum Gasteiger partial charge on any atom is -0.412 e. The molecule has 2 heteroatoms. The van der Waals surface area contributed by atoms with E-state index in [1.807, 2.05) is 0 Å². The average Bonchev–Trinajstić information content (AvgIpc) is 3.40. The molecular weight excluding hydrogens is 897 g/mol.